The lowest BCUT2D eigenvalue weighted by atomic mass is 10.1. The molecule has 2 rings (SSSR count). The first-order valence-electron chi connectivity index (χ1n) is 6.01. The van der Waals surface area contributed by atoms with E-state index < -0.39 is 0 Å². The van der Waals surface area contributed by atoms with E-state index in [-0.39, 0.29) is 0 Å². The molecule has 5 nitrogen and oxygen atoms in total. The zero-order valence-electron chi connectivity index (χ0n) is 12.0. The van der Waals surface area contributed by atoms with E-state index in [0.29, 0.717) is 38.3 Å². The second kappa shape index (κ2) is 6.49. The number of nitrogens with zero attached hydrogens (tertiary/aromatic N) is 2. The number of hydrogen-bond acceptors (Lipinski definition) is 5. The molecule has 7 heteroatoms. The molecule has 0 amide bonds. The van der Waals surface area contributed by atoms with Gasteiger partial charge in [-0.1, -0.05) is 11.6 Å². The largest absolute Gasteiger partial charge is 0.496 e. The van der Waals surface area contributed by atoms with Crippen LogP contribution in [0.25, 0.3) is 11.4 Å². The maximum Gasteiger partial charge on any atom is 0.165 e. The third-order valence-electron chi connectivity index (χ3n) is 2.92. The molecule has 2 aromatic rings. The van der Waals surface area contributed by atoms with Gasteiger partial charge >= 0.3 is 0 Å². The normalized spacial score (nSPS) is 10.4. The van der Waals surface area contributed by atoms with Crippen molar-refractivity contribution in [2.45, 2.75) is 6.92 Å². The lowest BCUT2D eigenvalue weighted by Crippen LogP contribution is -1.99. The van der Waals surface area contributed by atoms with Crippen molar-refractivity contribution in [3.8, 4) is 28.6 Å². The fourth-order valence-electron chi connectivity index (χ4n) is 1.85. The van der Waals surface area contributed by atoms with Gasteiger partial charge in [0.15, 0.2) is 17.3 Å². The van der Waals surface area contributed by atoms with Crippen molar-refractivity contribution >= 4 is 27.5 Å². The summed E-state index contributed by atoms with van der Waals surface area (Å²) in [5.74, 6) is 2.16. The number of benzene rings is 1. The Balaban J connectivity index is 2.67. The van der Waals surface area contributed by atoms with Crippen LogP contribution in [0.2, 0.25) is 5.15 Å². The highest BCUT2D eigenvalue weighted by atomic mass is 79.9. The predicted octanol–water partition coefficient (Wildman–Crippen LogP) is 3.89. The van der Waals surface area contributed by atoms with E-state index in [1.807, 2.05) is 6.92 Å². The van der Waals surface area contributed by atoms with Gasteiger partial charge in [0.2, 0.25) is 0 Å². The Morgan fingerprint density at radius 1 is 0.952 bits per heavy atom. The van der Waals surface area contributed by atoms with Crippen LogP contribution in [0, 0.1) is 6.92 Å². The molecule has 0 unspecified atom stereocenters. The second-order valence-corrected chi connectivity index (χ2v) is 5.30. The van der Waals surface area contributed by atoms with E-state index in [0.717, 1.165) is 5.69 Å². The summed E-state index contributed by atoms with van der Waals surface area (Å²) in [4.78, 5) is 8.70. The Kier molecular flexibility index (Phi) is 4.90. The third kappa shape index (κ3) is 3.06. The van der Waals surface area contributed by atoms with E-state index in [1.54, 1.807) is 33.5 Å². The first-order chi connectivity index (χ1) is 10.0. The summed E-state index contributed by atoms with van der Waals surface area (Å²) in [6, 6.07) is 3.49. The van der Waals surface area contributed by atoms with Crippen molar-refractivity contribution in [2.75, 3.05) is 21.3 Å². The number of methoxy groups -OCH3 is 3. The summed E-state index contributed by atoms with van der Waals surface area (Å²) in [6.07, 6.45) is 0. The Labute approximate surface area is 136 Å². The first kappa shape index (κ1) is 15.9. The number of hydrogen-bond donors (Lipinski definition) is 0. The summed E-state index contributed by atoms with van der Waals surface area (Å²) in [5, 5.41) is 0.342. The van der Waals surface area contributed by atoms with Crippen molar-refractivity contribution < 1.29 is 14.2 Å². The van der Waals surface area contributed by atoms with Crippen LogP contribution in [0.5, 0.6) is 17.2 Å². The van der Waals surface area contributed by atoms with Crippen molar-refractivity contribution in [1.82, 2.24) is 9.97 Å². The predicted molar refractivity (Wildman–Crippen MR) is 84.6 cm³/mol. The van der Waals surface area contributed by atoms with Crippen molar-refractivity contribution in [3.63, 3.8) is 0 Å². The highest BCUT2D eigenvalue weighted by Crippen LogP contribution is 2.39. The number of ether oxygens (including phenoxy) is 3. The van der Waals surface area contributed by atoms with Crippen molar-refractivity contribution in [2.24, 2.45) is 0 Å². The molecule has 1 heterocycles. The first-order valence-corrected chi connectivity index (χ1v) is 7.19. The van der Waals surface area contributed by atoms with Crippen LogP contribution in [0.1, 0.15) is 5.69 Å². The van der Waals surface area contributed by atoms with Crippen LogP contribution in [-0.4, -0.2) is 31.3 Å². The molecule has 0 radical (unpaired) electrons. The summed E-state index contributed by atoms with van der Waals surface area (Å²) in [7, 11) is 4.70. The lowest BCUT2D eigenvalue weighted by Gasteiger charge is -2.14. The Morgan fingerprint density at radius 2 is 1.52 bits per heavy atom. The zero-order chi connectivity index (χ0) is 15.6. The Hall–Kier alpha value is -1.53. The summed E-state index contributed by atoms with van der Waals surface area (Å²) < 4.78 is 16.6. The molecule has 1 aromatic heterocycles. The van der Waals surface area contributed by atoms with Gasteiger partial charge in [0.05, 0.1) is 37.1 Å². The minimum Gasteiger partial charge on any atom is -0.496 e. The van der Waals surface area contributed by atoms with Crippen LogP contribution in [0.15, 0.2) is 16.6 Å². The van der Waals surface area contributed by atoms with E-state index in [2.05, 4.69) is 25.9 Å². The fourth-order valence-corrected chi connectivity index (χ4v) is 2.24. The molecule has 0 saturated carbocycles. The topological polar surface area (TPSA) is 53.5 Å². The molecule has 21 heavy (non-hydrogen) atoms. The number of rotatable bonds is 4. The van der Waals surface area contributed by atoms with Gasteiger partial charge in [-0.15, -0.1) is 0 Å². The van der Waals surface area contributed by atoms with E-state index in [9.17, 15) is 0 Å². The van der Waals surface area contributed by atoms with Crippen molar-refractivity contribution in [1.29, 1.82) is 0 Å². The molecule has 0 aliphatic rings. The molecule has 0 spiro atoms. The van der Waals surface area contributed by atoms with E-state index >= 15 is 0 Å². The van der Waals surface area contributed by atoms with Gasteiger partial charge in [0.1, 0.15) is 10.9 Å². The van der Waals surface area contributed by atoms with Crippen LogP contribution < -0.4 is 14.2 Å². The molecule has 1 aromatic carbocycles. The minimum absolute atomic E-state index is 0.342. The van der Waals surface area contributed by atoms with Gasteiger partial charge in [0.25, 0.3) is 0 Å². The van der Waals surface area contributed by atoms with Gasteiger partial charge in [-0.3, -0.25) is 0 Å². The molecule has 112 valence electrons. The maximum atomic E-state index is 6.10. The zero-order valence-corrected chi connectivity index (χ0v) is 14.4. The van der Waals surface area contributed by atoms with Crippen LogP contribution >= 0.6 is 27.5 Å². The molecule has 0 bridgehead atoms. The highest BCUT2D eigenvalue weighted by molar-refractivity contribution is 9.10. The van der Waals surface area contributed by atoms with Gasteiger partial charge in [-0.05, 0) is 28.9 Å². The van der Waals surface area contributed by atoms with Gasteiger partial charge in [-0.25, -0.2) is 9.97 Å². The fraction of sp³-hybridized carbons (Fsp3) is 0.286. The van der Waals surface area contributed by atoms with Gasteiger partial charge in [0, 0.05) is 6.07 Å². The monoisotopic (exact) mass is 372 g/mol. The van der Waals surface area contributed by atoms with Crippen LogP contribution in [0.3, 0.4) is 0 Å². The summed E-state index contributed by atoms with van der Waals surface area (Å²) >= 11 is 9.44. The van der Waals surface area contributed by atoms with Crippen LogP contribution in [0.4, 0.5) is 0 Å². The Bertz CT molecular complexity index is 657. The van der Waals surface area contributed by atoms with E-state index in [4.69, 9.17) is 25.8 Å². The molecule has 0 aliphatic heterocycles. The Morgan fingerprint density at radius 3 is 2.05 bits per heavy atom. The smallest absolute Gasteiger partial charge is 0.165 e. The molecule has 0 saturated heterocycles. The quantitative estimate of drug-likeness (QED) is 0.761. The molecular formula is C14H14BrClN2O3. The number of aryl methyl sites for hydroxylation is 1. The second-order valence-electron chi connectivity index (χ2n) is 4.14. The van der Waals surface area contributed by atoms with Gasteiger partial charge in [-0.2, -0.15) is 0 Å². The molecular weight excluding hydrogens is 360 g/mol. The number of halogens is 2. The summed E-state index contributed by atoms with van der Waals surface area (Å²) in [5.41, 5.74) is 1.41. The van der Waals surface area contributed by atoms with Gasteiger partial charge < -0.3 is 14.2 Å². The van der Waals surface area contributed by atoms with Crippen molar-refractivity contribution in [3.05, 3.63) is 27.5 Å². The average molecular weight is 374 g/mol. The number of aromatic nitrogens is 2. The lowest BCUT2D eigenvalue weighted by molar-refractivity contribution is 0.349. The average Bonchev–Trinajstić information content (AvgIpc) is 2.50. The third-order valence-corrected chi connectivity index (χ3v) is 4.37. The highest BCUT2D eigenvalue weighted by Gasteiger charge is 2.17. The standard InChI is InChI=1S/C14H14BrClN2O3/c1-7-12(15)13(16)18-14(17-7)8-5-10(20-3)11(21-4)6-9(8)19-2/h5-6H,1-4H3. The maximum absolute atomic E-state index is 6.10. The molecule has 0 N–H and O–H groups in total. The minimum atomic E-state index is 0.342. The summed E-state index contributed by atoms with van der Waals surface area (Å²) in [6.45, 7) is 1.84. The SMILES string of the molecule is COc1cc(OC)c(-c2nc(C)c(Br)c(Cl)n2)cc1OC. The molecule has 0 aliphatic carbocycles. The van der Waals surface area contributed by atoms with E-state index in [1.165, 1.54) is 0 Å². The molecule has 0 fully saturated rings. The van der Waals surface area contributed by atoms with Crippen LogP contribution in [-0.2, 0) is 0 Å². The molecule has 0 atom stereocenters.